The van der Waals surface area contributed by atoms with Crippen LogP contribution in [-0.4, -0.2) is 33.8 Å². The summed E-state index contributed by atoms with van der Waals surface area (Å²) in [5.41, 5.74) is 6.67. The minimum absolute atomic E-state index is 0.0506. The highest BCUT2D eigenvalue weighted by atomic mass is 35.5. The van der Waals surface area contributed by atoms with E-state index in [4.69, 9.17) is 17.3 Å². The van der Waals surface area contributed by atoms with Gasteiger partial charge in [0.05, 0.1) is 10.6 Å². The molecule has 4 N–H and O–H groups in total. The summed E-state index contributed by atoms with van der Waals surface area (Å²) in [7, 11) is 0. The maximum Gasteiger partial charge on any atom is 0.270 e. The largest absolute Gasteiger partial charge is 0.364 e. The van der Waals surface area contributed by atoms with Gasteiger partial charge >= 0.3 is 0 Å². The molecule has 2 aromatic carbocycles. The number of nitrogens with one attached hydrogen (secondary N) is 2. The predicted molar refractivity (Wildman–Crippen MR) is 123 cm³/mol. The van der Waals surface area contributed by atoms with Crippen LogP contribution < -0.4 is 16.4 Å². The monoisotopic (exact) mass is 453 g/mol. The molecule has 3 amide bonds. The van der Waals surface area contributed by atoms with Crippen LogP contribution in [0.5, 0.6) is 0 Å². The lowest BCUT2D eigenvalue weighted by atomic mass is 9.97. The molecule has 1 heterocycles. The van der Waals surface area contributed by atoms with Gasteiger partial charge in [-0.2, -0.15) is 0 Å². The number of rotatable bonds is 6. The molecule has 9 heteroatoms. The molecule has 0 fully saturated rings. The van der Waals surface area contributed by atoms with Crippen LogP contribution in [-0.2, 0) is 0 Å². The van der Waals surface area contributed by atoms with Crippen LogP contribution in [0.3, 0.4) is 0 Å². The van der Waals surface area contributed by atoms with Crippen molar-refractivity contribution in [3.05, 3.63) is 76.8 Å². The Labute approximate surface area is 190 Å². The Hall–Kier alpha value is -3.65. The molecule has 0 saturated carbocycles. The third-order valence-corrected chi connectivity index (χ3v) is 4.85. The first-order valence-electron chi connectivity index (χ1n) is 9.88. The Morgan fingerprint density at radius 2 is 1.69 bits per heavy atom. The molecule has 0 spiro atoms. The molecule has 0 aliphatic carbocycles. The van der Waals surface area contributed by atoms with E-state index in [9.17, 15) is 14.4 Å². The first-order valence-corrected chi connectivity index (χ1v) is 10.3. The molecule has 0 radical (unpaired) electrons. The van der Waals surface area contributed by atoms with Gasteiger partial charge in [0.2, 0.25) is 0 Å². The highest BCUT2D eigenvalue weighted by molar-refractivity contribution is 6.34. The fourth-order valence-corrected chi connectivity index (χ4v) is 3.14. The number of benzene rings is 2. The van der Waals surface area contributed by atoms with Gasteiger partial charge in [-0.25, -0.2) is 4.98 Å². The predicted octanol–water partition coefficient (Wildman–Crippen LogP) is 3.65. The van der Waals surface area contributed by atoms with E-state index in [2.05, 4.69) is 15.6 Å². The lowest BCUT2D eigenvalue weighted by Crippen LogP contribution is -2.34. The van der Waals surface area contributed by atoms with Crippen molar-refractivity contribution in [2.24, 2.45) is 11.1 Å². The highest BCUT2D eigenvalue weighted by Crippen LogP contribution is 2.21. The molecule has 1 aromatic heterocycles. The molecule has 0 aliphatic heterocycles. The van der Waals surface area contributed by atoms with E-state index in [1.807, 2.05) is 20.8 Å². The Kier molecular flexibility index (Phi) is 6.64. The summed E-state index contributed by atoms with van der Waals surface area (Å²) in [6.45, 7) is 6.35. The molecular weight excluding hydrogens is 430 g/mol. The molecule has 166 valence electrons. The van der Waals surface area contributed by atoms with Gasteiger partial charge in [-0.1, -0.05) is 44.5 Å². The van der Waals surface area contributed by atoms with Crippen molar-refractivity contribution in [1.29, 1.82) is 0 Å². The van der Waals surface area contributed by atoms with E-state index in [1.54, 1.807) is 48.5 Å². The summed E-state index contributed by atoms with van der Waals surface area (Å²) >= 11 is 6.07. The minimum atomic E-state index is -0.798. The van der Waals surface area contributed by atoms with E-state index in [1.165, 1.54) is 10.9 Å². The lowest BCUT2D eigenvalue weighted by molar-refractivity contribution is 0.0917. The second-order valence-corrected chi connectivity index (χ2v) is 8.81. The van der Waals surface area contributed by atoms with Crippen LogP contribution in [0.25, 0.3) is 5.69 Å². The van der Waals surface area contributed by atoms with Gasteiger partial charge in [0.25, 0.3) is 17.7 Å². The summed E-state index contributed by atoms with van der Waals surface area (Å²) < 4.78 is 1.48. The van der Waals surface area contributed by atoms with Crippen molar-refractivity contribution in [2.45, 2.75) is 20.8 Å². The Morgan fingerprint density at radius 1 is 1.03 bits per heavy atom. The quantitative estimate of drug-likeness (QED) is 0.527. The van der Waals surface area contributed by atoms with E-state index in [0.717, 1.165) is 0 Å². The van der Waals surface area contributed by atoms with Gasteiger partial charge in [0, 0.05) is 17.9 Å². The van der Waals surface area contributed by atoms with Crippen molar-refractivity contribution in [1.82, 2.24) is 14.9 Å². The maximum absolute atomic E-state index is 12.8. The van der Waals surface area contributed by atoms with Gasteiger partial charge in [-0.3, -0.25) is 19.0 Å². The number of anilines is 1. The van der Waals surface area contributed by atoms with E-state index in [-0.39, 0.29) is 22.7 Å². The first kappa shape index (κ1) is 23.0. The molecule has 0 unspecified atom stereocenters. The molecule has 32 heavy (non-hydrogen) atoms. The fourth-order valence-electron chi connectivity index (χ4n) is 2.92. The normalized spacial score (nSPS) is 11.1. The Morgan fingerprint density at radius 3 is 2.28 bits per heavy atom. The Balaban J connectivity index is 1.85. The fraction of sp³-hybridized carbons (Fsp3) is 0.217. The van der Waals surface area contributed by atoms with Crippen molar-refractivity contribution < 1.29 is 14.4 Å². The van der Waals surface area contributed by atoms with Crippen molar-refractivity contribution >= 4 is 35.0 Å². The van der Waals surface area contributed by atoms with Gasteiger partial charge in [-0.15, -0.1) is 0 Å². The van der Waals surface area contributed by atoms with Crippen molar-refractivity contribution in [3.63, 3.8) is 0 Å². The zero-order valence-corrected chi connectivity index (χ0v) is 18.7. The van der Waals surface area contributed by atoms with Gasteiger partial charge in [0.1, 0.15) is 12.0 Å². The summed E-state index contributed by atoms with van der Waals surface area (Å²) in [5.74, 6) is -1.60. The number of amides is 3. The lowest BCUT2D eigenvalue weighted by Gasteiger charge is -2.19. The zero-order chi connectivity index (χ0) is 23.5. The maximum atomic E-state index is 12.8. The third kappa shape index (κ3) is 5.33. The standard InChI is InChI=1S/C23H24ClN5O3/c1-23(2,3)12-26-22(32)19-18(20(25)30)27-13-29(19)15-10-8-14(9-11-15)28-21(31)16-6-4-5-7-17(16)24/h4-11,13H,12H2,1-3H3,(H2,25,30)(H,26,32)(H,28,31). The number of hydrogen-bond acceptors (Lipinski definition) is 4. The zero-order valence-electron chi connectivity index (χ0n) is 18.0. The van der Waals surface area contributed by atoms with Crippen LogP contribution in [0.1, 0.15) is 52.1 Å². The number of hydrogen-bond donors (Lipinski definition) is 3. The smallest absolute Gasteiger partial charge is 0.270 e. The van der Waals surface area contributed by atoms with Crippen LogP contribution in [0.15, 0.2) is 54.9 Å². The van der Waals surface area contributed by atoms with Gasteiger partial charge in [0.15, 0.2) is 5.69 Å². The second kappa shape index (κ2) is 9.23. The molecule has 0 saturated heterocycles. The number of carbonyl (C=O) groups is 3. The van der Waals surface area contributed by atoms with Crippen LogP contribution >= 0.6 is 11.6 Å². The van der Waals surface area contributed by atoms with Crippen molar-refractivity contribution in [2.75, 3.05) is 11.9 Å². The summed E-state index contributed by atoms with van der Waals surface area (Å²) in [6.07, 6.45) is 1.36. The minimum Gasteiger partial charge on any atom is -0.364 e. The first-order chi connectivity index (χ1) is 15.1. The van der Waals surface area contributed by atoms with Crippen molar-refractivity contribution in [3.8, 4) is 5.69 Å². The average Bonchev–Trinajstić information content (AvgIpc) is 3.18. The van der Waals surface area contributed by atoms with E-state index in [0.29, 0.717) is 28.5 Å². The SMILES string of the molecule is CC(C)(C)CNC(=O)c1c(C(N)=O)ncn1-c1ccc(NC(=O)c2ccccc2Cl)cc1. The molecular formula is C23H24ClN5O3. The van der Waals surface area contributed by atoms with Gasteiger partial charge in [-0.05, 0) is 41.8 Å². The molecule has 0 bridgehead atoms. The number of aromatic nitrogens is 2. The molecule has 8 nitrogen and oxygen atoms in total. The van der Waals surface area contributed by atoms with E-state index >= 15 is 0 Å². The number of nitrogens with zero attached hydrogens (tertiary/aromatic N) is 2. The molecule has 3 rings (SSSR count). The highest BCUT2D eigenvalue weighted by Gasteiger charge is 2.24. The summed E-state index contributed by atoms with van der Waals surface area (Å²) in [6, 6.07) is 13.5. The van der Waals surface area contributed by atoms with Gasteiger partial charge < -0.3 is 16.4 Å². The van der Waals surface area contributed by atoms with Crippen LogP contribution in [0.2, 0.25) is 5.02 Å². The number of primary amides is 1. The third-order valence-electron chi connectivity index (χ3n) is 4.52. The summed E-state index contributed by atoms with van der Waals surface area (Å²) in [5, 5.41) is 5.94. The molecule has 0 aliphatic rings. The average molecular weight is 454 g/mol. The van der Waals surface area contributed by atoms with E-state index < -0.39 is 11.8 Å². The molecule has 0 atom stereocenters. The number of halogens is 1. The van der Waals surface area contributed by atoms with Crippen LogP contribution in [0, 0.1) is 5.41 Å². The second-order valence-electron chi connectivity index (χ2n) is 8.40. The topological polar surface area (TPSA) is 119 Å². The number of carbonyl (C=O) groups excluding carboxylic acids is 3. The summed E-state index contributed by atoms with van der Waals surface area (Å²) in [4.78, 5) is 41.1. The number of imidazole rings is 1. The molecule has 3 aromatic rings. The Bertz CT molecular complexity index is 1160. The number of nitrogens with two attached hydrogens (primary N) is 1. The van der Waals surface area contributed by atoms with Crippen LogP contribution in [0.4, 0.5) is 5.69 Å².